The number of rotatable bonds is 2. The van der Waals surface area contributed by atoms with Crippen LogP contribution in [0.3, 0.4) is 0 Å². The lowest BCUT2D eigenvalue weighted by atomic mass is 10.1. The van der Waals surface area contributed by atoms with Crippen LogP contribution in [0.25, 0.3) is 12.2 Å². The topological polar surface area (TPSA) is 23.8 Å². The Bertz CT molecular complexity index is 411. The highest BCUT2D eigenvalue weighted by molar-refractivity contribution is 6.55. The molecule has 0 spiro atoms. The van der Waals surface area contributed by atoms with E-state index in [-0.39, 0.29) is 4.49 Å². The predicted molar refractivity (Wildman–Crippen MR) is 83.3 cm³/mol. The molecular weight excluding hydrogens is 265 g/mol. The fourth-order valence-corrected chi connectivity index (χ4v) is 0.883. The molecule has 94 valence electrons. The molecule has 1 nitrogen and oxygen atoms in total. The second-order valence-electron chi connectivity index (χ2n) is 2.71. The Morgan fingerprint density at radius 3 is 1.50 bits per heavy atom. The first-order valence-corrected chi connectivity index (χ1v) is 5.63. The quantitative estimate of drug-likeness (QED) is 0.646. The monoisotopic (exact) mass is 279 g/mol. The first-order chi connectivity index (χ1) is 8.53. The first kappa shape index (κ1) is 18.6. The van der Waals surface area contributed by atoms with Crippen LogP contribution in [0.5, 0.6) is 0 Å². The molecule has 0 saturated carbocycles. The summed E-state index contributed by atoms with van der Waals surface area (Å²) in [6.45, 7) is 13.6. The standard InChI is InChI=1S/C10H10.C3H3N.C2H2Cl2/c1-3-9-7-5-6-8-10(9)4-2;1-2-3-4;1-2(3)4/h3-8H,1-2H2;2H,1H2;1H2. The zero-order valence-corrected chi connectivity index (χ0v) is 11.6. The van der Waals surface area contributed by atoms with E-state index >= 15 is 0 Å². The van der Waals surface area contributed by atoms with Crippen LogP contribution in [-0.4, -0.2) is 0 Å². The van der Waals surface area contributed by atoms with Gasteiger partial charge in [0.1, 0.15) is 0 Å². The van der Waals surface area contributed by atoms with Crippen LogP contribution in [0, 0.1) is 11.3 Å². The minimum atomic E-state index is 0.111. The number of benzene rings is 1. The van der Waals surface area contributed by atoms with E-state index in [0.29, 0.717) is 0 Å². The van der Waals surface area contributed by atoms with Crippen molar-refractivity contribution in [3.63, 3.8) is 0 Å². The predicted octanol–water partition coefficient (Wildman–Crippen LogP) is 5.60. The normalized spacial score (nSPS) is 7.17. The maximum absolute atomic E-state index is 7.51. The summed E-state index contributed by atoms with van der Waals surface area (Å²) < 4.78 is 0.111. The van der Waals surface area contributed by atoms with Gasteiger partial charge in [-0.3, -0.25) is 0 Å². The molecule has 0 aromatic heterocycles. The van der Waals surface area contributed by atoms with Gasteiger partial charge in [-0.2, -0.15) is 5.26 Å². The van der Waals surface area contributed by atoms with Gasteiger partial charge in [-0.1, -0.05) is 85.9 Å². The minimum Gasteiger partial charge on any atom is -0.193 e. The summed E-state index contributed by atoms with van der Waals surface area (Å²) in [7, 11) is 0. The molecule has 0 N–H and O–H groups in total. The Morgan fingerprint density at radius 2 is 1.33 bits per heavy atom. The lowest BCUT2D eigenvalue weighted by Crippen LogP contribution is -1.76. The molecule has 0 fully saturated rings. The van der Waals surface area contributed by atoms with Crippen molar-refractivity contribution in [2.24, 2.45) is 0 Å². The van der Waals surface area contributed by atoms with Gasteiger partial charge in [-0.05, 0) is 11.1 Å². The molecule has 0 amide bonds. The van der Waals surface area contributed by atoms with Gasteiger partial charge in [-0.25, -0.2) is 0 Å². The summed E-state index contributed by atoms with van der Waals surface area (Å²) in [5, 5.41) is 7.51. The van der Waals surface area contributed by atoms with E-state index < -0.39 is 0 Å². The van der Waals surface area contributed by atoms with Crippen molar-refractivity contribution >= 4 is 35.4 Å². The third-order valence-electron chi connectivity index (χ3n) is 1.53. The van der Waals surface area contributed by atoms with Crippen LogP contribution < -0.4 is 0 Å². The largest absolute Gasteiger partial charge is 0.193 e. The van der Waals surface area contributed by atoms with Crippen LogP contribution in [0.2, 0.25) is 0 Å². The summed E-state index contributed by atoms with van der Waals surface area (Å²) in [6.07, 6.45) is 4.84. The number of hydrogen-bond donors (Lipinski definition) is 0. The Balaban J connectivity index is 0. The molecule has 1 aromatic rings. The van der Waals surface area contributed by atoms with Gasteiger partial charge in [0.15, 0.2) is 0 Å². The lowest BCUT2D eigenvalue weighted by molar-refractivity contribution is 1.54. The summed E-state index contributed by atoms with van der Waals surface area (Å²) >= 11 is 9.69. The van der Waals surface area contributed by atoms with Gasteiger partial charge in [0.25, 0.3) is 0 Å². The van der Waals surface area contributed by atoms with Crippen molar-refractivity contribution in [1.82, 2.24) is 0 Å². The third kappa shape index (κ3) is 12.3. The van der Waals surface area contributed by atoms with Gasteiger partial charge in [-0.15, -0.1) is 0 Å². The zero-order valence-electron chi connectivity index (χ0n) is 10.1. The maximum atomic E-state index is 7.51. The molecule has 0 aliphatic carbocycles. The maximum Gasteiger partial charge on any atom is 0.0992 e. The van der Waals surface area contributed by atoms with Crippen molar-refractivity contribution < 1.29 is 0 Å². The SMILES string of the molecule is C=C(Cl)Cl.C=CC#N.C=Cc1ccccc1C=C. The van der Waals surface area contributed by atoms with Gasteiger partial charge < -0.3 is 0 Å². The number of nitrogens with zero attached hydrogens (tertiary/aromatic N) is 1. The van der Waals surface area contributed by atoms with E-state index in [1.165, 1.54) is 6.08 Å². The van der Waals surface area contributed by atoms with Crippen LogP contribution in [-0.2, 0) is 0 Å². The molecule has 3 heteroatoms. The van der Waals surface area contributed by atoms with Gasteiger partial charge in [0, 0.05) is 6.08 Å². The molecule has 0 bridgehead atoms. The Kier molecular flexibility index (Phi) is 13.8. The van der Waals surface area contributed by atoms with Crippen molar-refractivity contribution in [3.8, 4) is 6.07 Å². The van der Waals surface area contributed by atoms with Crippen molar-refractivity contribution in [1.29, 1.82) is 5.26 Å². The zero-order chi connectivity index (χ0) is 14.4. The van der Waals surface area contributed by atoms with E-state index in [9.17, 15) is 0 Å². The molecule has 0 radical (unpaired) electrons. The Morgan fingerprint density at radius 1 is 1.06 bits per heavy atom. The first-order valence-electron chi connectivity index (χ1n) is 4.87. The van der Waals surface area contributed by atoms with Crippen LogP contribution in [0.1, 0.15) is 11.1 Å². The van der Waals surface area contributed by atoms with Gasteiger partial charge in [0.2, 0.25) is 0 Å². The minimum absolute atomic E-state index is 0.111. The smallest absolute Gasteiger partial charge is 0.0992 e. The van der Waals surface area contributed by atoms with Gasteiger partial charge >= 0.3 is 0 Å². The lowest BCUT2D eigenvalue weighted by Gasteiger charge is -1.96. The van der Waals surface area contributed by atoms with E-state index in [2.05, 4.69) is 26.3 Å². The van der Waals surface area contributed by atoms with E-state index in [0.717, 1.165) is 11.1 Å². The third-order valence-corrected chi connectivity index (χ3v) is 1.53. The molecule has 0 saturated heterocycles. The molecule has 0 atom stereocenters. The average molecular weight is 280 g/mol. The van der Waals surface area contributed by atoms with Crippen LogP contribution in [0.15, 0.2) is 61.1 Å². The molecular formula is C15H15Cl2N. The van der Waals surface area contributed by atoms with E-state index in [4.69, 9.17) is 28.5 Å². The molecule has 18 heavy (non-hydrogen) atoms. The molecule has 0 heterocycles. The fourth-order valence-electron chi connectivity index (χ4n) is 0.883. The van der Waals surface area contributed by atoms with Crippen molar-refractivity contribution in [2.75, 3.05) is 0 Å². The molecule has 1 rings (SSSR count). The van der Waals surface area contributed by atoms with E-state index in [1.807, 2.05) is 36.4 Å². The van der Waals surface area contributed by atoms with Crippen molar-refractivity contribution in [2.45, 2.75) is 0 Å². The Labute approximate surface area is 119 Å². The molecule has 0 aliphatic rings. The molecule has 0 aliphatic heterocycles. The highest BCUT2D eigenvalue weighted by Gasteiger charge is 1.89. The van der Waals surface area contributed by atoms with Crippen LogP contribution in [0.4, 0.5) is 0 Å². The summed E-state index contributed by atoms with van der Waals surface area (Å²) in [5.74, 6) is 0. The fraction of sp³-hybridized carbons (Fsp3) is 0. The Hall–Kier alpha value is -1.75. The molecule has 0 unspecified atom stereocenters. The average Bonchev–Trinajstić information content (AvgIpc) is 2.38. The molecule has 1 aromatic carbocycles. The summed E-state index contributed by atoms with van der Waals surface area (Å²) in [4.78, 5) is 0. The highest BCUT2D eigenvalue weighted by Crippen LogP contribution is 2.10. The summed E-state index contributed by atoms with van der Waals surface area (Å²) in [5.41, 5.74) is 2.27. The number of halogens is 2. The number of nitriles is 1. The number of hydrogen-bond acceptors (Lipinski definition) is 1. The van der Waals surface area contributed by atoms with E-state index in [1.54, 1.807) is 6.07 Å². The second kappa shape index (κ2) is 13.3. The van der Waals surface area contributed by atoms with Crippen molar-refractivity contribution in [3.05, 3.63) is 72.3 Å². The highest BCUT2D eigenvalue weighted by atomic mass is 35.5. The van der Waals surface area contributed by atoms with Gasteiger partial charge in [0.05, 0.1) is 10.6 Å². The van der Waals surface area contributed by atoms with Crippen LogP contribution >= 0.6 is 23.2 Å². The number of allylic oxidation sites excluding steroid dienone is 1. The summed E-state index contributed by atoms with van der Waals surface area (Å²) in [6, 6.07) is 9.71. The second-order valence-corrected chi connectivity index (χ2v) is 3.82.